The molecule has 0 saturated heterocycles. The SMILES string of the molecule is Cc1noc(CCC(=O)N2CCc3ccc(C(=O)O)cc3C2)n1. The van der Waals surface area contributed by atoms with E-state index >= 15 is 0 Å². The van der Waals surface area contributed by atoms with Gasteiger partial charge >= 0.3 is 5.97 Å². The van der Waals surface area contributed by atoms with Crippen LogP contribution in [0.1, 0.15) is 39.6 Å². The first kappa shape index (κ1) is 15.2. The van der Waals surface area contributed by atoms with Crippen molar-refractivity contribution in [1.82, 2.24) is 15.0 Å². The summed E-state index contributed by atoms with van der Waals surface area (Å²) in [7, 11) is 0. The molecule has 1 aliphatic rings. The van der Waals surface area contributed by atoms with Crippen LogP contribution in [0.25, 0.3) is 0 Å². The third-order valence-corrected chi connectivity index (χ3v) is 3.94. The van der Waals surface area contributed by atoms with Crippen molar-refractivity contribution in [3.63, 3.8) is 0 Å². The summed E-state index contributed by atoms with van der Waals surface area (Å²) in [5.41, 5.74) is 2.25. The Hall–Kier alpha value is -2.70. The number of aromatic carboxylic acids is 1. The minimum absolute atomic E-state index is 0.00670. The summed E-state index contributed by atoms with van der Waals surface area (Å²) in [4.78, 5) is 29.2. The normalized spacial score (nSPS) is 13.7. The number of aromatic nitrogens is 2. The third kappa shape index (κ3) is 3.39. The standard InChI is InChI=1S/C16H17N3O4/c1-10-17-14(23-18-10)4-5-15(20)19-7-6-11-2-3-12(16(21)22)8-13(11)9-19/h2-3,8H,4-7,9H2,1H3,(H,21,22). The summed E-state index contributed by atoms with van der Waals surface area (Å²) in [6.45, 7) is 2.82. The predicted octanol–water partition coefficient (Wildman–Crippen LogP) is 1.59. The first-order valence-electron chi connectivity index (χ1n) is 7.45. The second-order valence-electron chi connectivity index (χ2n) is 5.59. The van der Waals surface area contributed by atoms with Crippen LogP contribution in [0, 0.1) is 6.92 Å². The smallest absolute Gasteiger partial charge is 0.335 e. The molecule has 2 aromatic rings. The Morgan fingerprint density at radius 1 is 1.35 bits per heavy atom. The summed E-state index contributed by atoms with van der Waals surface area (Å²) >= 11 is 0. The molecule has 120 valence electrons. The Bertz CT molecular complexity index is 754. The summed E-state index contributed by atoms with van der Waals surface area (Å²) in [5, 5.41) is 12.8. The van der Waals surface area contributed by atoms with Gasteiger partial charge in [0.15, 0.2) is 5.82 Å². The van der Waals surface area contributed by atoms with Crippen molar-refractivity contribution in [2.45, 2.75) is 32.7 Å². The largest absolute Gasteiger partial charge is 0.478 e. The molecule has 3 rings (SSSR count). The Morgan fingerprint density at radius 3 is 2.87 bits per heavy atom. The maximum atomic E-state index is 12.3. The summed E-state index contributed by atoms with van der Waals surface area (Å²) in [5.74, 6) is 0.0669. The molecular weight excluding hydrogens is 298 g/mol. The van der Waals surface area contributed by atoms with Crippen molar-refractivity contribution >= 4 is 11.9 Å². The van der Waals surface area contributed by atoms with Crippen LogP contribution in [-0.4, -0.2) is 38.6 Å². The highest BCUT2D eigenvalue weighted by molar-refractivity contribution is 5.88. The van der Waals surface area contributed by atoms with Gasteiger partial charge in [-0.1, -0.05) is 11.2 Å². The van der Waals surface area contributed by atoms with Crippen LogP contribution in [-0.2, 0) is 24.2 Å². The highest BCUT2D eigenvalue weighted by Crippen LogP contribution is 2.21. The average Bonchev–Trinajstić information content (AvgIpc) is 2.97. The molecule has 0 spiro atoms. The summed E-state index contributed by atoms with van der Waals surface area (Å²) in [6, 6.07) is 5.09. The van der Waals surface area contributed by atoms with Gasteiger partial charge in [0, 0.05) is 25.9 Å². The van der Waals surface area contributed by atoms with E-state index in [9.17, 15) is 9.59 Å². The van der Waals surface area contributed by atoms with E-state index in [0.717, 1.165) is 17.5 Å². The zero-order valence-electron chi connectivity index (χ0n) is 12.8. The first-order valence-corrected chi connectivity index (χ1v) is 7.45. The van der Waals surface area contributed by atoms with Gasteiger partial charge in [-0.3, -0.25) is 4.79 Å². The number of carboxylic acids is 1. The van der Waals surface area contributed by atoms with Crippen molar-refractivity contribution in [2.24, 2.45) is 0 Å². The van der Waals surface area contributed by atoms with Gasteiger partial charge in [-0.2, -0.15) is 4.98 Å². The van der Waals surface area contributed by atoms with Gasteiger partial charge in [-0.05, 0) is 36.6 Å². The van der Waals surface area contributed by atoms with Crippen LogP contribution in [0.15, 0.2) is 22.7 Å². The number of amides is 1. The molecule has 0 aliphatic carbocycles. The molecule has 7 heteroatoms. The van der Waals surface area contributed by atoms with Gasteiger partial charge in [0.1, 0.15) is 0 Å². The molecule has 2 heterocycles. The maximum absolute atomic E-state index is 12.3. The highest BCUT2D eigenvalue weighted by Gasteiger charge is 2.22. The van der Waals surface area contributed by atoms with Crippen LogP contribution >= 0.6 is 0 Å². The monoisotopic (exact) mass is 315 g/mol. The second-order valence-corrected chi connectivity index (χ2v) is 5.59. The van der Waals surface area contributed by atoms with E-state index < -0.39 is 5.97 Å². The van der Waals surface area contributed by atoms with Crippen LogP contribution in [0.2, 0.25) is 0 Å². The van der Waals surface area contributed by atoms with E-state index in [-0.39, 0.29) is 11.5 Å². The number of rotatable bonds is 4. The van der Waals surface area contributed by atoms with Crippen LogP contribution in [0.3, 0.4) is 0 Å². The minimum Gasteiger partial charge on any atom is -0.478 e. The van der Waals surface area contributed by atoms with E-state index in [1.807, 2.05) is 6.07 Å². The quantitative estimate of drug-likeness (QED) is 0.920. The second kappa shape index (κ2) is 6.20. The molecule has 1 aromatic heterocycles. The lowest BCUT2D eigenvalue weighted by Gasteiger charge is -2.29. The van der Waals surface area contributed by atoms with Gasteiger partial charge in [0.05, 0.1) is 5.56 Å². The molecule has 7 nitrogen and oxygen atoms in total. The fourth-order valence-corrected chi connectivity index (χ4v) is 2.72. The maximum Gasteiger partial charge on any atom is 0.335 e. The van der Waals surface area contributed by atoms with Gasteiger partial charge in [-0.25, -0.2) is 4.79 Å². The summed E-state index contributed by atoms with van der Waals surface area (Å²) < 4.78 is 5.00. The lowest BCUT2D eigenvalue weighted by Crippen LogP contribution is -2.36. The molecule has 0 saturated carbocycles. The fourth-order valence-electron chi connectivity index (χ4n) is 2.72. The van der Waals surface area contributed by atoms with Crippen LogP contribution in [0.4, 0.5) is 0 Å². The third-order valence-electron chi connectivity index (χ3n) is 3.94. The summed E-state index contributed by atoms with van der Waals surface area (Å²) in [6.07, 6.45) is 1.45. The Labute approximate surface area is 132 Å². The van der Waals surface area contributed by atoms with Crippen LogP contribution in [0.5, 0.6) is 0 Å². The zero-order valence-corrected chi connectivity index (χ0v) is 12.8. The van der Waals surface area contributed by atoms with Crippen molar-refractivity contribution in [3.8, 4) is 0 Å². The number of carbonyl (C=O) groups excluding carboxylic acids is 1. The topological polar surface area (TPSA) is 96.5 Å². The minimum atomic E-state index is -0.956. The van der Waals surface area contributed by atoms with Gasteiger partial charge < -0.3 is 14.5 Å². The molecule has 0 bridgehead atoms. The van der Waals surface area contributed by atoms with Gasteiger partial charge in [0.25, 0.3) is 0 Å². The molecule has 0 unspecified atom stereocenters. The number of hydrogen-bond acceptors (Lipinski definition) is 5. The number of carboxylic acid groups (broad SMARTS) is 1. The number of hydrogen-bond donors (Lipinski definition) is 1. The molecule has 1 aromatic carbocycles. The Kier molecular flexibility index (Phi) is 4.10. The fraction of sp³-hybridized carbons (Fsp3) is 0.375. The molecule has 1 amide bonds. The van der Waals surface area contributed by atoms with Crippen molar-refractivity contribution in [3.05, 3.63) is 46.6 Å². The molecule has 1 aliphatic heterocycles. The number of benzene rings is 1. The molecule has 0 fully saturated rings. The number of fused-ring (bicyclic) bond motifs is 1. The van der Waals surface area contributed by atoms with Crippen LogP contribution < -0.4 is 0 Å². The van der Waals surface area contributed by atoms with Gasteiger partial charge in [0.2, 0.25) is 11.8 Å². The van der Waals surface area contributed by atoms with Crippen molar-refractivity contribution < 1.29 is 19.2 Å². The first-order chi connectivity index (χ1) is 11.0. The lowest BCUT2D eigenvalue weighted by atomic mass is 9.97. The van der Waals surface area contributed by atoms with Gasteiger partial charge in [-0.15, -0.1) is 0 Å². The van der Waals surface area contributed by atoms with E-state index in [4.69, 9.17) is 9.63 Å². The number of carbonyl (C=O) groups is 2. The number of nitrogens with zero attached hydrogens (tertiary/aromatic N) is 3. The molecule has 23 heavy (non-hydrogen) atoms. The number of aryl methyl sites for hydroxylation is 2. The zero-order chi connectivity index (χ0) is 16.4. The highest BCUT2D eigenvalue weighted by atomic mass is 16.5. The predicted molar refractivity (Wildman–Crippen MR) is 79.9 cm³/mol. The van der Waals surface area contributed by atoms with E-state index in [2.05, 4.69) is 10.1 Å². The molecule has 0 atom stereocenters. The average molecular weight is 315 g/mol. The van der Waals surface area contributed by atoms with E-state index in [1.54, 1.807) is 24.0 Å². The van der Waals surface area contributed by atoms with E-state index in [1.165, 1.54) is 0 Å². The molecular formula is C16H17N3O4. The lowest BCUT2D eigenvalue weighted by molar-refractivity contribution is -0.132. The van der Waals surface area contributed by atoms with Crippen molar-refractivity contribution in [2.75, 3.05) is 6.54 Å². The molecule has 1 N–H and O–H groups in total. The Morgan fingerprint density at radius 2 is 2.17 bits per heavy atom. The molecule has 0 radical (unpaired) electrons. The van der Waals surface area contributed by atoms with Crippen molar-refractivity contribution in [1.29, 1.82) is 0 Å². The van der Waals surface area contributed by atoms with E-state index in [0.29, 0.717) is 37.6 Å². The Balaban J connectivity index is 1.64.